The highest BCUT2D eigenvalue weighted by atomic mass is 35.5. The van der Waals surface area contributed by atoms with E-state index in [2.05, 4.69) is 46.9 Å². The molecule has 0 radical (unpaired) electrons. The molecule has 6 heterocycles. The first-order valence-electron chi connectivity index (χ1n) is 22.1. The lowest BCUT2D eigenvalue weighted by molar-refractivity contribution is -0.384. The lowest BCUT2D eigenvalue weighted by atomic mass is 9.59. The predicted octanol–water partition coefficient (Wildman–Crippen LogP) is 6.93. The molecule has 3 fully saturated rings. The predicted molar refractivity (Wildman–Crippen MR) is 247 cm³/mol. The van der Waals surface area contributed by atoms with E-state index in [0.29, 0.717) is 67.8 Å². The molecule has 3 N–H and O–H groups in total. The Balaban J connectivity index is 0.906. The molecule has 1 saturated carbocycles. The highest BCUT2D eigenvalue weighted by Gasteiger charge is 2.41. The summed E-state index contributed by atoms with van der Waals surface area (Å²) in [5, 5.41) is 16.7. The van der Waals surface area contributed by atoms with Crippen LogP contribution >= 0.6 is 11.6 Å². The maximum Gasteiger partial charge on any atom is 0.293 e. The first-order chi connectivity index (χ1) is 31.5. The van der Waals surface area contributed by atoms with Crippen LogP contribution in [0.2, 0.25) is 5.02 Å². The average Bonchev–Trinajstić information content (AvgIpc) is 3.77. The van der Waals surface area contributed by atoms with Crippen molar-refractivity contribution in [1.29, 1.82) is 0 Å². The number of fused-ring (bicyclic) bond motifs is 2. The van der Waals surface area contributed by atoms with E-state index in [1.165, 1.54) is 54.5 Å². The second-order valence-electron chi connectivity index (χ2n) is 17.5. The zero-order valence-corrected chi connectivity index (χ0v) is 37.3. The van der Waals surface area contributed by atoms with Gasteiger partial charge in [-0.2, -0.15) is 4.98 Å². The maximum absolute atomic E-state index is 14.2. The first-order valence-corrected chi connectivity index (χ1v) is 24.0. The Kier molecular flexibility index (Phi) is 11.9. The molecule has 5 aromatic rings. The number of nitrogens with zero attached hydrogens (tertiary/aromatic N) is 6. The summed E-state index contributed by atoms with van der Waals surface area (Å²) in [5.74, 6) is -0.647. The molecule has 1 atom stereocenters. The number of allylic oxidation sites excluding steroid dienone is 1. The topological polar surface area (TPSA) is 197 Å². The van der Waals surface area contributed by atoms with Crippen LogP contribution in [0.4, 0.5) is 28.4 Å². The van der Waals surface area contributed by atoms with Crippen LogP contribution < -0.4 is 24.6 Å². The van der Waals surface area contributed by atoms with Crippen molar-refractivity contribution in [3.63, 3.8) is 0 Å². The third-order valence-corrected chi connectivity index (χ3v) is 15.1. The number of carbonyl (C=O) groups excluding carboxylic acids is 1. The van der Waals surface area contributed by atoms with Crippen molar-refractivity contribution in [2.24, 2.45) is 5.41 Å². The van der Waals surface area contributed by atoms with E-state index >= 15 is 0 Å². The number of aromatic amines is 1. The minimum atomic E-state index is -4.62. The third-order valence-electron chi connectivity index (χ3n) is 13.5. The van der Waals surface area contributed by atoms with E-state index in [4.69, 9.17) is 25.8 Å². The minimum absolute atomic E-state index is 0.0987. The fraction of sp³-hybridized carbons (Fsp3) is 0.413. The Labute approximate surface area is 381 Å². The van der Waals surface area contributed by atoms with Gasteiger partial charge in [0, 0.05) is 61.9 Å². The fourth-order valence-electron chi connectivity index (χ4n) is 9.77. The molecule has 2 aliphatic carbocycles. The van der Waals surface area contributed by atoms with Gasteiger partial charge in [0.1, 0.15) is 23.6 Å². The summed E-state index contributed by atoms with van der Waals surface area (Å²) in [6.07, 6.45) is 10.4. The highest BCUT2D eigenvalue weighted by molar-refractivity contribution is 7.90. The average molecular weight is 924 g/mol. The molecule has 0 bridgehead atoms. The van der Waals surface area contributed by atoms with Gasteiger partial charge in [0.05, 0.1) is 59.9 Å². The standard InChI is InChI=1S/C46H50ClN9O8S/c47-33-4-2-30(3-5-33)37-25-46(10-1-11-46)12-8-32(37)28-53-14-16-54(17-15-53)34-23-40(55-18-19-64-45-41(55)22-31-9-13-48-43(31)51-45)42(50-26-34)44(57)52-65(60,61)36-6-7-38(39(24-36)56(58)59)49-27-35-29-62-20-21-63-35/h2-7,9,13,22-24,26,35,49H,1,8,10-12,14-21,25,27-29H2,(H,48,51)(H,52,57)/t35-/m0/s1. The number of ether oxygens (including phenoxy) is 3. The van der Waals surface area contributed by atoms with E-state index in [1.54, 1.807) is 12.4 Å². The molecule has 19 heteroatoms. The van der Waals surface area contributed by atoms with Gasteiger partial charge in [-0.3, -0.25) is 19.8 Å². The fourth-order valence-corrected chi connectivity index (χ4v) is 10.9. The molecular weight excluding hydrogens is 874 g/mol. The van der Waals surface area contributed by atoms with Crippen LogP contribution in [0.25, 0.3) is 16.6 Å². The molecule has 65 heavy (non-hydrogen) atoms. The molecule has 10 rings (SSSR count). The van der Waals surface area contributed by atoms with Gasteiger partial charge in [0.25, 0.3) is 21.6 Å². The van der Waals surface area contributed by atoms with E-state index in [1.807, 2.05) is 35.2 Å². The van der Waals surface area contributed by atoms with Crippen LogP contribution in [0.5, 0.6) is 5.88 Å². The Bertz CT molecular complexity index is 2770. The number of sulfonamides is 1. The number of hydrogen-bond acceptors (Lipinski definition) is 14. The summed E-state index contributed by atoms with van der Waals surface area (Å²) < 4.78 is 46.9. The van der Waals surface area contributed by atoms with Crippen molar-refractivity contribution < 1.29 is 32.3 Å². The summed E-state index contributed by atoms with van der Waals surface area (Å²) in [7, 11) is -4.62. The molecule has 1 spiro atoms. The molecule has 2 saturated heterocycles. The van der Waals surface area contributed by atoms with Crippen molar-refractivity contribution in [3.05, 3.63) is 105 Å². The lowest BCUT2D eigenvalue weighted by Gasteiger charge is -2.47. The molecule has 3 aromatic heterocycles. The molecule has 3 aliphatic heterocycles. The smallest absolute Gasteiger partial charge is 0.293 e. The van der Waals surface area contributed by atoms with Crippen molar-refractivity contribution in [2.75, 3.05) is 87.4 Å². The summed E-state index contributed by atoms with van der Waals surface area (Å²) in [5.41, 5.74) is 6.52. The second-order valence-corrected chi connectivity index (χ2v) is 19.6. The van der Waals surface area contributed by atoms with Gasteiger partial charge >= 0.3 is 0 Å². The number of halogens is 1. The Morgan fingerprint density at radius 1 is 0.985 bits per heavy atom. The van der Waals surface area contributed by atoms with Crippen LogP contribution in [-0.4, -0.2) is 117 Å². The van der Waals surface area contributed by atoms with Crippen LogP contribution in [-0.2, 0) is 19.5 Å². The number of pyridine rings is 2. The Morgan fingerprint density at radius 3 is 2.57 bits per heavy atom. The van der Waals surface area contributed by atoms with E-state index in [-0.39, 0.29) is 30.6 Å². The minimum Gasteiger partial charge on any atom is -0.474 e. The van der Waals surface area contributed by atoms with Crippen molar-refractivity contribution in [3.8, 4) is 5.88 Å². The van der Waals surface area contributed by atoms with Gasteiger partial charge in [-0.1, -0.05) is 35.7 Å². The number of benzene rings is 2. The Hall–Kier alpha value is -5.79. The molecule has 2 aromatic carbocycles. The maximum atomic E-state index is 14.2. The summed E-state index contributed by atoms with van der Waals surface area (Å²) >= 11 is 6.30. The van der Waals surface area contributed by atoms with E-state index < -0.39 is 31.4 Å². The van der Waals surface area contributed by atoms with Crippen molar-refractivity contribution >= 4 is 72.6 Å². The number of carbonyl (C=O) groups is 1. The summed E-state index contributed by atoms with van der Waals surface area (Å²) in [4.78, 5) is 44.3. The SMILES string of the molecule is O=C(NS(=O)(=O)c1ccc(NC[C@H]2COCCO2)c([N+](=O)[O-])c1)c1ncc(N2CCN(CC3=C(c4ccc(Cl)cc4)CC4(CCC4)CC3)CC2)cc1N1CCOc2nc3[nH]ccc3cc21. The number of amides is 1. The van der Waals surface area contributed by atoms with Gasteiger partial charge in [-0.25, -0.2) is 18.1 Å². The van der Waals surface area contributed by atoms with Gasteiger partial charge in [-0.05, 0) is 91.1 Å². The summed E-state index contributed by atoms with van der Waals surface area (Å²) in [6.45, 7) is 5.93. The van der Waals surface area contributed by atoms with Crippen LogP contribution in [0.15, 0.2) is 83.5 Å². The number of piperazine rings is 1. The Morgan fingerprint density at radius 2 is 1.82 bits per heavy atom. The number of nitro benzene ring substituents is 1. The number of hydrogen-bond donors (Lipinski definition) is 3. The number of nitrogens with one attached hydrogen (secondary N) is 3. The largest absolute Gasteiger partial charge is 0.474 e. The van der Waals surface area contributed by atoms with Crippen LogP contribution in [0.1, 0.15) is 54.6 Å². The number of rotatable bonds is 12. The van der Waals surface area contributed by atoms with Gasteiger partial charge in [0.15, 0.2) is 5.69 Å². The van der Waals surface area contributed by atoms with E-state index in [0.717, 1.165) is 54.6 Å². The molecule has 5 aliphatic rings. The zero-order valence-electron chi connectivity index (χ0n) is 35.8. The molecule has 0 unspecified atom stereocenters. The van der Waals surface area contributed by atoms with E-state index in [9.17, 15) is 23.3 Å². The molecule has 1 amide bonds. The van der Waals surface area contributed by atoms with Crippen LogP contribution in [0, 0.1) is 15.5 Å². The normalized spacial score (nSPS) is 20.0. The summed E-state index contributed by atoms with van der Waals surface area (Å²) in [6, 6.07) is 17.4. The first kappa shape index (κ1) is 43.1. The monoisotopic (exact) mass is 923 g/mol. The van der Waals surface area contributed by atoms with Gasteiger partial charge < -0.3 is 34.3 Å². The van der Waals surface area contributed by atoms with Gasteiger partial charge in [-0.15, -0.1) is 0 Å². The van der Waals surface area contributed by atoms with Crippen molar-refractivity contribution in [2.45, 2.75) is 49.5 Å². The molecule has 340 valence electrons. The number of nitro groups is 1. The molecule has 17 nitrogen and oxygen atoms in total. The van der Waals surface area contributed by atoms with Crippen LogP contribution in [0.3, 0.4) is 0 Å². The van der Waals surface area contributed by atoms with Crippen molar-refractivity contribution in [1.82, 2.24) is 24.6 Å². The number of anilines is 4. The third kappa shape index (κ3) is 8.97. The van der Waals surface area contributed by atoms with Gasteiger partial charge in [0.2, 0.25) is 5.88 Å². The lowest BCUT2D eigenvalue weighted by Crippen LogP contribution is -2.47. The quantitative estimate of drug-likeness (QED) is 0.0861. The molecular formula is C46H50ClN9O8S. The zero-order chi connectivity index (χ0) is 44.7. The highest BCUT2D eigenvalue weighted by Crippen LogP contribution is 2.55. The second kappa shape index (κ2) is 17.9. The number of aromatic nitrogens is 3. The number of H-pyrrole nitrogens is 1.